The number of hydrogen-bond donors (Lipinski definition) is 3. The maximum Gasteiger partial charge on any atom is 0.315 e. The average Bonchev–Trinajstić information content (AvgIpc) is 2.53. The fraction of sp³-hybridized carbons (Fsp3) is 0.235. The second-order valence-corrected chi connectivity index (χ2v) is 5.40. The summed E-state index contributed by atoms with van der Waals surface area (Å²) in [5.41, 5.74) is 2.57. The molecule has 0 aromatic heterocycles. The Labute approximate surface area is 135 Å². The zero-order valence-corrected chi connectivity index (χ0v) is 13.1. The fourth-order valence-electron chi connectivity index (χ4n) is 2.21. The number of amides is 2. The molecule has 0 aliphatic carbocycles. The van der Waals surface area contributed by atoms with Gasteiger partial charge in [0.2, 0.25) is 0 Å². The van der Waals surface area contributed by atoms with Gasteiger partial charge in [0.25, 0.3) is 0 Å². The highest BCUT2D eigenvalue weighted by atomic mass is 35.5. The van der Waals surface area contributed by atoms with Crippen molar-refractivity contribution >= 4 is 17.6 Å². The molecule has 3 N–H and O–H groups in total. The molecular formula is C17H19ClN2O2. The van der Waals surface area contributed by atoms with E-state index in [1.807, 2.05) is 49.4 Å². The van der Waals surface area contributed by atoms with Gasteiger partial charge in [0.1, 0.15) is 0 Å². The van der Waals surface area contributed by atoms with Gasteiger partial charge in [0, 0.05) is 11.6 Å². The van der Waals surface area contributed by atoms with Crippen LogP contribution in [0.4, 0.5) is 4.79 Å². The van der Waals surface area contributed by atoms with E-state index in [-0.39, 0.29) is 18.7 Å². The summed E-state index contributed by atoms with van der Waals surface area (Å²) in [4.78, 5) is 12.0. The summed E-state index contributed by atoms with van der Waals surface area (Å²) in [6, 6.07) is 14.4. The minimum Gasteiger partial charge on any atom is -0.392 e. The smallest absolute Gasteiger partial charge is 0.315 e. The fourth-order valence-corrected chi connectivity index (χ4v) is 2.51. The molecule has 5 heteroatoms. The van der Waals surface area contributed by atoms with Crippen LogP contribution in [0.15, 0.2) is 48.5 Å². The zero-order valence-electron chi connectivity index (χ0n) is 12.3. The number of urea groups is 1. The highest BCUT2D eigenvalue weighted by molar-refractivity contribution is 6.31. The van der Waals surface area contributed by atoms with Crippen molar-refractivity contribution in [2.24, 2.45) is 0 Å². The van der Waals surface area contributed by atoms with E-state index in [0.29, 0.717) is 11.6 Å². The topological polar surface area (TPSA) is 61.4 Å². The largest absolute Gasteiger partial charge is 0.392 e. The van der Waals surface area contributed by atoms with E-state index in [4.69, 9.17) is 11.6 Å². The van der Waals surface area contributed by atoms with Crippen molar-refractivity contribution in [3.8, 4) is 0 Å². The molecule has 2 aromatic carbocycles. The second-order valence-electron chi connectivity index (χ2n) is 5.00. The maximum atomic E-state index is 12.0. The number of carbonyl (C=O) groups is 1. The quantitative estimate of drug-likeness (QED) is 0.791. The van der Waals surface area contributed by atoms with Crippen LogP contribution < -0.4 is 10.6 Å². The van der Waals surface area contributed by atoms with Crippen LogP contribution in [-0.2, 0) is 13.2 Å². The van der Waals surface area contributed by atoms with E-state index in [1.165, 1.54) is 0 Å². The van der Waals surface area contributed by atoms with Crippen LogP contribution in [0.3, 0.4) is 0 Å². The second kappa shape index (κ2) is 7.82. The van der Waals surface area contributed by atoms with Crippen LogP contribution in [-0.4, -0.2) is 11.1 Å². The first kappa shape index (κ1) is 16.3. The molecule has 0 spiro atoms. The van der Waals surface area contributed by atoms with E-state index in [1.54, 1.807) is 6.07 Å². The minimum atomic E-state index is -0.278. The van der Waals surface area contributed by atoms with Gasteiger partial charge in [0.05, 0.1) is 12.6 Å². The number of halogens is 1. The number of benzene rings is 2. The molecule has 2 aromatic rings. The summed E-state index contributed by atoms with van der Waals surface area (Å²) in [6.07, 6.45) is 0. The Morgan fingerprint density at radius 2 is 1.77 bits per heavy atom. The van der Waals surface area contributed by atoms with Gasteiger partial charge in [-0.15, -0.1) is 0 Å². The van der Waals surface area contributed by atoms with Crippen LogP contribution >= 0.6 is 11.6 Å². The first-order valence-electron chi connectivity index (χ1n) is 7.08. The third kappa shape index (κ3) is 4.23. The number of aliphatic hydroxyl groups excluding tert-OH is 1. The molecule has 0 aliphatic heterocycles. The zero-order chi connectivity index (χ0) is 15.9. The lowest BCUT2D eigenvalue weighted by Crippen LogP contribution is -2.36. The lowest BCUT2D eigenvalue weighted by atomic mass is 10.1. The van der Waals surface area contributed by atoms with Gasteiger partial charge < -0.3 is 15.7 Å². The first-order chi connectivity index (χ1) is 10.6. The van der Waals surface area contributed by atoms with Gasteiger partial charge in [-0.1, -0.05) is 54.1 Å². The average molecular weight is 319 g/mol. The minimum absolute atomic E-state index is 0.0461. The van der Waals surface area contributed by atoms with Crippen molar-refractivity contribution in [2.75, 3.05) is 0 Å². The summed E-state index contributed by atoms with van der Waals surface area (Å²) in [5, 5.41) is 15.5. The molecule has 0 aliphatic rings. The molecule has 1 unspecified atom stereocenters. The van der Waals surface area contributed by atoms with Crippen molar-refractivity contribution in [1.82, 2.24) is 10.6 Å². The molecular weight excluding hydrogens is 300 g/mol. The molecule has 1 atom stereocenters. The third-order valence-electron chi connectivity index (χ3n) is 3.45. The van der Waals surface area contributed by atoms with Crippen LogP contribution in [0, 0.1) is 0 Å². The molecule has 0 saturated heterocycles. The van der Waals surface area contributed by atoms with E-state index < -0.39 is 0 Å². The predicted octanol–water partition coefficient (Wildman–Crippen LogP) is 3.39. The maximum absolute atomic E-state index is 12.0. The van der Waals surface area contributed by atoms with Crippen LogP contribution in [0.5, 0.6) is 0 Å². The Morgan fingerprint density at radius 3 is 2.45 bits per heavy atom. The molecule has 4 nitrogen and oxygen atoms in total. The van der Waals surface area contributed by atoms with Gasteiger partial charge in [-0.2, -0.15) is 0 Å². The number of hydrogen-bond acceptors (Lipinski definition) is 2. The van der Waals surface area contributed by atoms with Gasteiger partial charge in [-0.25, -0.2) is 4.79 Å². The number of aliphatic hydroxyl groups is 1. The van der Waals surface area contributed by atoms with Crippen molar-refractivity contribution in [2.45, 2.75) is 26.1 Å². The summed E-state index contributed by atoms with van der Waals surface area (Å²) >= 11 is 6.12. The summed E-state index contributed by atoms with van der Waals surface area (Å²) in [5.74, 6) is 0. The van der Waals surface area contributed by atoms with Crippen molar-refractivity contribution < 1.29 is 9.90 Å². The molecule has 0 radical (unpaired) electrons. The Bertz CT molecular complexity index is 646. The molecule has 2 amide bonds. The molecule has 0 heterocycles. The van der Waals surface area contributed by atoms with Crippen molar-refractivity contribution in [3.63, 3.8) is 0 Å². The van der Waals surface area contributed by atoms with Crippen molar-refractivity contribution in [3.05, 3.63) is 70.2 Å². The molecule has 0 fully saturated rings. The Balaban J connectivity index is 1.92. The lowest BCUT2D eigenvalue weighted by Gasteiger charge is -2.16. The van der Waals surface area contributed by atoms with Crippen molar-refractivity contribution in [1.29, 1.82) is 0 Å². The van der Waals surface area contributed by atoms with Crippen LogP contribution in [0.25, 0.3) is 0 Å². The highest BCUT2D eigenvalue weighted by Gasteiger charge is 2.12. The summed E-state index contributed by atoms with van der Waals surface area (Å²) in [6.45, 7) is 2.19. The van der Waals surface area contributed by atoms with E-state index in [9.17, 15) is 9.90 Å². The monoisotopic (exact) mass is 318 g/mol. The SMILES string of the molecule is CC(NC(=O)NCc1ccccc1CO)c1ccccc1Cl. The summed E-state index contributed by atoms with van der Waals surface area (Å²) in [7, 11) is 0. The number of rotatable bonds is 5. The Morgan fingerprint density at radius 1 is 1.14 bits per heavy atom. The van der Waals surface area contributed by atoms with Gasteiger partial charge in [-0.3, -0.25) is 0 Å². The van der Waals surface area contributed by atoms with Crippen LogP contribution in [0.1, 0.15) is 29.7 Å². The molecule has 2 rings (SSSR count). The molecule has 22 heavy (non-hydrogen) atoms. The lowest BCUT2D eigenvalue weighted by molar-refractivity contribution is 0.237. The normalized spacial score (nSPS) is 11.8. The number of nitrogens with one attached hydrogen (secondary N) is 2. The first-order valence-corrected chi connectivity index (χ1v) is 7.46. The van der Waals surface area contributed by atoms with Crippen LogP contribution in [0.2, 0.25) is 5.02 Å². The van der Waals surface area contributed by atoms with E-state index in [0.717, 1.165) is 16.7 Å². The third-order valence-corrected chi connectivity index (χ3v) is 3.79. The van der Waals surface area contributed by atoms with Gasteiger partial charge >= 0.3 is 6.03 Å². The summed E-state index contributed by atoms with van der Waals surface area (Å²) < 4.78 is 0. The Hall–Kier alpha value is -2.04. The molecule has 0 bridgehead atoms. The number of carbonyl (C=O) groups excluding carboxylic acids is 1. The highest BCUT2D eigenvalue weighted by Crippen LogP contribution is 2.21. The van der Waals surface area contributed by atoms with E-state index >= 15 is 0 Å². The van der Waals surface area contributed by atoms with Gasteiger partial charge in [-0.05, 0) is 29.7 Å². The van der Waals surface area contributed by atoms with Gasteiger partial charge in [0.15, 0.2) is 0 Å². The Kier molecular flexibility index (Phi) is 5.81. The van der Waals surface area contributed by atoms with E-state index in [2.05, 4.69) is 10.6 Å². The predicted molar refractivity (Wildman–Crippen MR) is 87.6 cm³/mol. The molecule has 0 saturated carbocycles. The molecule has 116 valence electrons. The standard InChI is InChI=1S/C17H19ClN2O2/c1-12(15-8-4-5-9-16(15)18)20-17(22)19-10-13-6-2-3-7-14(13)11-21/h2-9,12,21H,10-11H2,1H3,(H2,19,20,22).